The highest BCUT2D eigenvalue weighted by Crippen LogP contribution is 2.02. The van der Waals surface area contributed by atoms with Gasteiger partial charge in [0.1, 0.15) is 0 Å². The van der Waals surface area contributed by atoms with Crippen LogP contribution in [-0.4, -0.2) is 24.4 Å². The minimum Gasteiger partial charge on any atom is -0.354 e. The molecule has 0 fully saturated rings. The topological polar surface area (TPSA) is 84.2 Å². The zero-order chi connectivity index (χ0) is 15.7. The molecule has 1 rings (SSSR count). The summed E-state index contributed by atoms with van der Waals surface area (Å²) in [7, 11) is 0. The molecule has 22 heavy (non-hydrogen) atoms. The molecule has 0 bridgehead atoms. The predicted molar refractivity (Wildman–Crippen MR) is 90.6 cm³/mol. The number of carbonyl (C=O) groups excluding carboxylic acids is 2. The normalized spacial score (nSPS) is 11.5. The quantitative estimate of drug-likeness (QED) is 0.678. The molecule has 0 saturated carbocycles. The van der Waals surface area contributed by atoms with Crippen LogP contribution >= 0.6 is 12.4 Å². The first-order chi connectivity index (χ1) is 9.99. The molecule has 0 aliphatic rings. The van der Waals surface area contributed by atoms with Crippen molar-refractivity contribution in [3.8, 4) is 0 Å². The van der Waals surface area contributed by atoms with E-state index in [1.807, 2.05) is 44.2 Å². The van der Waals surface area contributed by atoms with Crippen LogP contribution in [0.3, 0.4) is 0 Å². The molecule has 0 aliphatic heterocycles. The molecule has 1 atom stereocenters. The molecular weight excluding hydrogens is 302 g/mol. The molecule has 6 heteroatoms. The van der Waals surface area contributed by atoms with Gasteiger partial charge >= 0.3 is 0 Å². The molecule has 4 N–H and O–H groups in total. The molecule has 0 aromatic heterocycles. The summed E-state index contributed by atoms with van der Waals surface area (Å²) in [6, 6.07) is 9.19. The van der Waals surface area contributed by atoms with Gasteiger partial charge in [0.25, 0.3) is 0 Å². The standard InChI is InChI=1S/C16H25N3O2.ClH/c1-12(2)10-14(17)16(21)18-9-8-15(20)19-11-13-6-4-3-5-7-13;/h3-7,12,14H,8-11,17H2,1-2H3,(H,18,21)(H,19,20);1H/t14-;/m0./s1. The van der Waals surface area contributed by atoms with Crippen molar-refractivity contribution in [2.75, 3.05) is 6.54 Å². The highest BCUT2D eigenvalue weighted by atomic mass is 35.5. The summed E-state index contributed by atoms with van der Waals surface area (Å²) in [5.74, 6) is 0.0936. The van der Waals surface area contributed by atoms with Gasteiger partial charge in [0, 0.05) is 19.5 Å². The molecule has 1 aromatic carbocycles. The second-order valence-electron chi connectivity index (χ2n) is 5.54. The molecule has 0 radical (unpaired) electrons. The number of rotatable bonds is 8. The lowest BCUT2D eigenvalue weighted by Crippen LogP contribution is -2.42. The Morgan fingerprint density at radius 1 is 1.14 bits per heavy atom. The van der Waals surface area contributed by atoms with E-state index >= 15 is 0 Å². The van der Waals surface area contributed by atoms with E-state index in [9.17, 15) is 9.59 Å². The summed E-state index contributed by atoms with van der Waals surface area (Å²) < 4.78 is 0. The van der Waals surface area contributed by atoms with E-state index in [1.165, 1.54) is 0 Å². The Balaban J connectivity index is 0.00000441. The van der Waals surface area contributed by atoms with Crippen molar-refractivity contribution in [2.24, 2.45) is 11.7 Å². The van der Waals surface area contributed by atoms with Crippen LogP contribution in [0.1, 0.15) is 32.3 Å². The number of nitrogens with one attached hydrogen (secondary N) is 2. The van der Waals surface area contributed by atoms with E-state index < -0.39 is 6.04 Å². The third-order valence-electron chi connectivity index (χ3n) is 3.05. The summed E-state index contributed by atoms with van der Waals surface area (Å²) in [6.07, 6.45) is 0.902. The first kappa shape index (κ1) is 20.4. The fourth-order valence-electron chi connectivity index (χ4n) is 1.93. The Bertz CT molecular complexity index is 452. The predicted octanol–water partition coefficient (Wildman–Crippen LogP) is 1.60. The van der Waals surface area contributed by atoms with Crippen molar-refractivity contribution in [1.82, 2.24) is 10.6 Å². The van der Waals surface area contributed by atoms with Gasteiger partial charge in [-0.3, -0.25) is 9.59 Å². The molecule has 0 aliphatic carbocycles. The Morgan fingerprint density at radius 2 is 1.77 bits per heavy atom. The van der Waals surface area contributed by atoms with Crippen LogP contribution in [-0.2, 0) is 16.1 Å². The summed E-state index contributed by atoms with van der Waals surface area (Å²) in [6.45, 7) is 4.85. The van der Waals surface area contributed by atoms with Gasteiger partial charge in [-0.2, -0.15) is 0 Å². The van der Waals surface area contributed by atoms with Gasteiger partial charge in [-0.15, -0.1) is 12.4 Å². The zero-order valence-corrected chi connectivity index (χ0v) is 14.0. The average Bonchev–Trinajstić information content (AvgIpc) is 2.45. The molecule has 0 spiro atoms. The maximum atomic E-state index is 11.7. The van der Waals surface area contributed by atoms with Crippen molar-refractivity contribution in [2.45, 2.75) is 39.3 Å². The lowest BCUT2D eigenvalue weighted by atomic mass is 10.0. The molecule has 0 heterocycles. The molecule has 0 saturated heterocycles. The first-order valence-corrected chi connectivity index (χ1v) is 7.33. The number of carbonyl (C=O) groups is 2. The van der Waals surface area contributed by atoms with Crippen LogP contribution in [0.2, 0.25) is 0 Å². The Kier molecular flexibility index (Phi) is 10.2. The van der Waals surface area contributed by atoms with Crippen LogP contribution in [0.25, 0.3) is 0 Å². The van der Waals surface area contributed by atoms with Crippen LogP contribution in [0.4, 0.5) is 0 Å². The number of hydrogen-bond acceptors (Lipinski definition) is 3. The van der Waals surface area contributed by atoms with Gasteiger partial charge in [0.2, 0.25) is 11.8 Å². The van der Waals surface area contributed by atoms with E-state index in [0.29, 0.717) is 25.4 Å². The monoisotopic (exact) mass is 327 g/mol. The third-order valence-corrected chi connectivity index (χ3v) is 3.05. The minimum atomic E-state index is -0.502. The van der Waals surface area contributed by atoms with E-state index in [4.69, 9.17) is 5.73 Å². The van der Waals surface area contributed by atoms with Crippen LogP contribution in [0.15, 0.2) is 30.3 Å². The van der Waals surface area contributed by atoms with Crippen molar-refractivity contribution in [1.29, 1.82) is 0 Å². The van der Waals surface area contributed by atoms with Crippen molar-refractivity contribution < 1.29 is 9.59 Å². The fraction of sp³-hybridized carbons (Fsp3) is 0.500. The third kappa shape index (κ3) is 8.64. The highest BCUT2D eigenvalue weighted by Gasteiger charge is 2.14. The van der Waals surface area contributed by atoms with Gasteiger partial charge in [0.05, 0.1) is 6.04 Å². The average molecular weight is 328 g/mol. The first-order valence-electron chi connectivity index (χ1n) is 7.33. The van der Waals surface area contributed by atoms with E-state index in [-0.39, 0.29) is 30.6 Å². The molecule has 1 aromatic rings. The fourth-order valence-corrected chi connectivity index (χ4v) is 1.93. The van der Waals surface area contributed by atoms with Gasteiger partial charge in [-0.05, 0) is 17.9 Å². The van der Waals surface area contributed by atoms with E-state index in [2.05, 4.69) is 10.6 Å². The molecular formula is C16H26ClN3O2. The molecule has 0 unspecified atom stereocenters. The summed E-state index contributed by atoms with van der Waals surface area (Å²) in [4.78, 5) is 23.3. The number of hydrogen-bond donors (Lipinski definition) is 3. The maximum absolute atomic E-state index is 11.7. The van der Waals surface area contributed by atoms with Crippen LogP contribution in [0, 0.1) is 5.92 Å². The number of benzene rings is 1. The Labute approximate surface area is 138 Å². The van der Waals surface area contributed by atoms with Gasteiger partial charge in [-0.25, -0.2) is 0 Å². The Morgan fingerprint density at radius 3 is 2.36 bits per heavy atom. The van der Waals surface area contributed by atoms with Crippen molar-refractivity contribution >= 4 is 24.2 Å². The molecule has 2 amide bonds. The smallest absolute Gasteiger partial charge is 0.236 e. The number of nitrogens with two attached hydrogens (primary N) is 1. The summed E-state index contributed by atoms with van der Waals surface area (Å²) in [5.41, 5.74) is 6.81. The van der Waals surface area contributed by atoms with Crippen molar-refractivity contribution in [3.63, 3.8) is 0 Å². The number of amides is 2. The molecule has 5 nitrogen and oxygen atoms in total. The zero-order valence-electron chi connectivity index (χ0n) is 13.2. The van der Waals surface area contributed by atoms with Gasteiger partial charge in [-0.1, -0.05) is 44.2 Å². The highest BCUT2D eigenvalue weighted by molar-refractivity contribution is 5.85. The largest absolute Gasteiger partial charge is 0.354 e. The maximum Gasteiger partial charge on any atom is 0.236 e. The second-order valence-corrected chi connectivity index (χ2v) is 5.54. The Hall–Kier alpha value is -1.59. The summed E-state index contributed by atoms with van der Waals surface area (Å²) >= 11 is 0. The SMILES string of the molecule is CC(C)C[C@H](N)C(=O)NCCC(=O)NCc1ccccc1.Cl. The van der Waals surface area contributed by atoms with Crippen LogP contribution in [0.5, 0.6) is 0 Å². The minimum absolute atomic E-state index is 0. The summed E-state index contributed by atoms with van der Waals surface area (Å²) in [5, 5.41) is 5.50. The van der Waals surface area contributed by atoms with Crippen molar-refractivity contribution in [3.05, 3.63) is 35.9 Å². The van der Waals surface area contributed by atoms with Gasteiger partial charge in [0.15, 0.2) is 0 Å². The number of halogens is 1. The molecule has 124 valence electrons. The lowest BCUT2D eigenvalue weighted by Gasteiger charge is -2.14. The lowest BCUT2D eigenvalue weighted by molar-refractivity contribution is -0.123. The van der Waals surface area contributed by atoms with E-state index in [1.54, 1.807) is 0 Å². The van der Waals surface area contributed by atoms with Crippen LogP contribution < -0.4 is 16.4 Å². The van der Waals surface area contributed by atoms with Gasteiger partial charge < -0.3 is 16.4 Å². The second kappa shape index (κ2) is 11.0. The van der Waals surface area contributed by atoms with E-state index in [0.717, 1.165) is 5.56 Å².